The Labute approximate surface area is 129 Å². The van der Waals surface area contributed by atoms with Crippen LogP contribution in [-0.4, -0.2) is 32.7 Å². The van der Waals surface area contributed by atoms with Crippen molar-refractivity contribution in [1.82, 2.24) is 19.5 Å². The van der Waals surface area contributed by atoms with Crippen molar-refractivity contribution in [2.75, 3.05) is 24.2 Å². The maximum atomic E-state index is 6.04. The number of hydrogen-bond donors (Lipinski definition) is 2. The number of rotatable bonds is 5. The third kappa shape index (κ3) is 2.72. The Balaban J connectivity index is 1.58. The molecule has 2 aliphatic rings. The number of imidazole rings is 1. The molecule has 4 rings (SSSR count). The fourth-order valence-corrected chi connectivity index (χ4v) is 2.97. The minimum Gasteiger partial charge on any atom is -0.382 e. The molecule has 1 aliphatic heterocycles. The number of nitrogens with two attached hydrogens (primary N) is 1. The molecule has 1 unspecified atom stereocenters. The molecule has 2 aromatic rings. The summed E-state index contributed by atoms with van der Waals surface area (Å²) in [6.45, 7) is 1.68. The highest BCUT2D eigenvalue weighted by Gasteiger charge is 2.22. The first kappa shape index (κ1) is 13.8. The molecule has 7 nitrogen and oxygen atoms in total. The van der Waals surface area contributed by atoms with Gasteiger partial charge in [-0.3, -0.25) is 4.57 Å². The van der Waals surface area contributed by atoms with Crippen molar-refractivity contribution in [3.8, 4) is 0 Å². The van der Waals surface area contributed by atoms with Crippen molar-refractivity contribution in [3.05, 3.63) is 6.33 Å². The molecule has 0 radical (unpaired) electrons. The maximum absolute atomic E-state index is 6.04. The van der Waals surface area contributed by atoms with Gasteiger partial charge in [0, 0.05) is 13.2 Å². The van der Waals surface area contributed by atoms with Crippen molar-refractivity contribution in [1.29, 1.82) is 0 Å². The fraction of sp³-hybridized carbons (Fsp3) is 0.667. The summed E-state index contributed by atoms with van der Waals surface area (Å²) in [7, 11) is 0. The van der Waals surface area contributed by atoms with E-state index < -0.39 is 0 Å². The quantitative estimate of drug-likeness (QED) is 0.880. The summed E-state index contributed by atoms with van der Waals surface area (Å²) in [5.41, 5.74) is 7.45. The lowest BCUT2D eigenvalue weighted by Crippen LogP contribution is -2.18. The molecule has 0 spiro atoms. The van der Waals surface area contributed by atoms with Gasteiger partial charge in [0.2, 0.25) is 5.95 Å². The maximum Gasteiger partial charge on any atom is 0.226 e. The van der Waals surface area contributed by atoms with Gasteiger partial charge in [-0.2, -0.15) is 9.97 Å². The van der Waals surface area contributed by atoms with Crippen LogP contribution >= 0.6 is 0 Å². The number of nitrogen functional groups attached to an aromatic ring is 1. The van der Waals surface area contributed by atoms with Crippen LogP contribution in [0.4, 0.5) is 11.8 Å². The number of hydrogen-bond acceptors (Lipinski definition) is 6. The monoisotopic (exact) mass is 302 g/mol. The van der Waals surface area contributed by atoms with E-state index >= 15 is 0 Å². The lowest BCUT2D eigenvalue weighted by molar-refractivity contribution is -0.0298. The Kier molecular flexibility index (Phi) is 3.57. The van der Waals surface area contributed by atoms with Crippen LogP contribution in [-0.2, 0) is 4.74 Å². The van der Waals surface area contributed by atoms with Crippen LogP contribution in [0.15, 0.2) is 6.33 Å². The van der Waals surface area contributed by atoms with Gasteiger partial charge in [-0.15, -0.1) is 0 Å². The highest BCUT2D eigenvalue weighted by Crippen LogP contribution is 2.32. The van der Waals surface area contributed by atoms with Crippen molar-refractivity contribution in [2.45, 2.75) is 44.8 Å². The molecule has 1 saturated heterocycles. The van der Waals surface area contributed by atoms with Crippen LogP contribution < -0.4 is 11.1 Å². The second kappa shape index (κ2) is 5.72. The average Bonchev–Trinajstić information content (AvgIpc) is 3.25. The molecular formula is C15H22N6O. The van der Waals surface area contributed by atoms with Crippen LogP contribution in [0.2, 0.25) is 0 Å². The number of nitrogens with zero attached hydrogens (tertiary/aromatic N) is 4. The molecule has 0 bridgehead atoms. The SMILES string of the molecule is Nc1nc(NCCC2CC2)nc2c1ncn2C1CCCCO1. The molecule has 2 fully saturated rings. The minimum absolute atomic E-state index is 0.00682. The topological polar surface area (TPSA) is 90.9 Å². The summed E-state index contributed by atoms with van der Waals surface area (Å²) >= 11 is 0. The third-order valence-electron chi connectivity index (χ3n) is 4.45. The second-order valence-electron chi connectivity index (χ2n) is 6.24. The summed E-state index contributed by atoms with van der Waals surface area (Å²) in [4.78, 5) is 13.3. The van der Waals surface area contributed by atoms with Gasteiger partial charge in [0.05, 0.1) is 6.33 Å². The van der Waals surface area contributed by atoms with Crippen LogP contribution in [0.1, 0.15) is 44.8 Å². The Morgan fingerprint density at radius 3 is 2.95 bits per heavy atom. The molecule has 7 heteroatoms. The Hall–Kier alpha value is -1.89. The summed E-state index contributed by atoms with van der Waals surface area (Å²) in [5.74, 6) is 1.89. The van der Waals surface area contributed by atoms with E-state index in [1.165, 1.54) is 19.3 Å². The van der Waals surface area contributed by atoms with Crippen LogP contribution in [0.5, 0.6) is 0 Å². The number of aromatic nitrogens is 4. The van der Waals surface area contributed by atoms with E-state index in [-0.39, 0.29) is 6.23 Å². The summed E-state index contributed by atoms with van der Waals surface area (Å²) in [6.07, 6.45) is 8.93. The Bertz CT molecular complexity index is 659. The highest BCUT2D eigenvalue weighted by atomic mass is 16.5. The van der Waals surface area contributed by atoms with Gasteiger partial charge in [0.25, 0.3) is 0 Å². The van der Waals surface area contributed by atoms with Crippen molar-refractivity contribution >= 4 is 22.9 Å². The van der Waals surface area contributed by atoms with Gasteiger partial charge < -0.3 is 15.8 Å². The van der Waals surface area contributed by atoms with Crippen LogP contribution in [0.25, 0.3) is 11.2 Å². The molecule has 0 aromatic carbocycles. The van der Waals surface area contributed by atoms with Crippen molar-refractivity contribution in [2.24, 2.45) is 5.92 Å². The summed E-state index contributed by atoms with van der Waals surface area (Å²) in [5, 5.41) is 3.28. The molecular weight excluding hydrogens is 280 g/mol. The van der Waals surface area contributed by atoms with E-state index in [0.29, 0.717) is 17.3 Å². The van der Waals surface area contributed by atoms with E-state index in [1.807, 2.05) is 4.57 Å². The second-order valence-corrected chi connectivity index (χ2v) is 6.24. The molecule has 1 aliphatic carbocycles. The number of fused-ring (bicyclic) bond motifs is 1. The molecule has 1 atom stereocenters. The van der Waals surface area contributed by atoms with Gasteiger partial charge in [0.1, 0.15) is 11.7 Å². The average molecular weight is 302 g/mol. The lowest BCUT2D eigenvalue weighted by Gasteiger charge is -2.23. The van der Waals surface area contributed by atoms with Crippen LogP contribution in [0, 0.1) is 5.92 Å². The lowest BCUT2D eigenvalue weighted by atomic mass is 10.2. The molecule has 3 N–H and O–H groups in total. The molecule has 1 saturated carbocycles. The largest absolute Gasteiger partial charge is 0.382 e. The predicted molar refractivity (Wildman–Crippen MR) is 84.4 cm³/mol. The van der Waals surface area contributed by atoms with E-state index in [2.05, 4.69) is 20.3 Å². The molecule has 2 aromatic heterocycles. The fourth-order valence-electron chi connectivity index (χ4n) is 2.97. The molecule has 22 heavy (non-hydrogen) atoms. The number of ether oxygens (including phenoxy) is 1. The van der Waals surface area contributed by atoms with E-state index in [1.54, 1.807) is 6.33 Å². The Morgan fingerprint density at radius 2 is 2.18 bits per heavy atom. The van der Waals surface area contributed by atoms with Gasteiger partial charge >= 0.3 is 0 Å². The molecule has 3 heterocycles. The zero-order chi connectivity index (χ0) is 14.9. The smallest absolute Gasteiger partial charge is 0.226 e. The molecule has 0 amide bonds. The zero-order valence-corrected chi connectivity index (χ0v) is 12.7. The van der Waals surface area contributed by atoms with E-state index in [0.717, 1.165) is 44.0 Å². The standard InChI is InChI=1S/C15H22N6O/c16-13-12-14(20-15(19-13)17-7-6-10-4-5-10)21(9-18-12)11-3-1-2-8-22-11/h9-11H,1-8H2,(H3,16,17,19,20). The van der Waals surface area contributed by atoms with Gasteiger partial charge in [-0.1, -0.05) is 12.8 Å². The summed E-state index contributed by atoms with van der Waals surface area (Å²) in [6, 6.07) is 0. The molecule has 118 valence electrons. The number of nitrogens with one attached hydrogen (secondary N) is 1. The van der Waals surface area contributed by atoms with Gasteiger partial charge in [-0.05, 0) is 31.6 Å². The summed E-state index contributed by atoms with van der Waals surface area (Å²) < 4.78 is 7.82. The Morgan fingerprint density at radius 1 is 1.27 bits per heavy atom. The first-order valence-corrected chi connectivity index (χ1v) is 8.17. The highest BCUT2D eigenvalue weighted by molar-refractivity contribution is 5.82. The minimum atomic E-state index is 0.00682. The number of anilines is 2. The van der Waals surface area contributed by atoms with Gasteiger partial charge in [0.15, 0.2) is 11.5 Å². The third-order valence-corrected chi connectivity index (χ3v) is 4.45. The van der Waals surface area contributed by atoms with E-state index in [4.69, 9.17) is 10.5 Å². The first-order valence-electron chi connectivity index (χ1n) is 8.17. The van der Waals surface area contributed by atoms with Gasteiger partial charge in [-0.25, -0.2) is 4.98 Å². The zero-order valence-electron chi connectivity index (χ0n) is 12.7. The predicted octanol–water partition coefficient (Wildman–Crippen LogP) is 2.32. The normalized spacial score (nSPS) is 22.1. The van der Waals surface area contributed by atoms with Crippen LogP contribution in [0.3, 0.4) is 0 Å². The van der Waals surface area contributed by atoms with E-state index in [9.17, 15) is 0 Å². The van der Waals surface area contributed by atoms with Crippen molar-refractivity contribution < 1.29 is 4.74 Å². The van der Waals surface area contributed by atoms with Crippen molar-refractivity contribution in [3.63, 3.8) is 0 Å². The first-order chi connectivity index (χ1) is 10.8.